The number of rotatable bonds is 4. The molecule has 1 unspecified atom stereocenters. The summed E-state index contributed by atoms with van der Waals surface area (Å²) >= 11 is 5.62. The number of nitrogens with zero attached hydrogens (tertiary/aromatic N) is 2. The molecule has 4 aliphatic heterocycles. The topological polar surface area (TPSA) is 91.3 Å². The molecule has 0 radical (unpaired) electrons. The van der Waals surface area contributed by atoms with Gasteiger partial charge in [-0.05, 0) is 18.9 Å². The van der Waals surface area contributed by atoms with Gasteiger partial charge in [0.25, 0.3) is 11.8 Å². The average Bonchev–Trinajstić information content (AvgIpc) is 2.86. The number of aliphatic hydroxyl groups excluding tert-OH is 1. The maximum Gasteiger partial charge on any atom is 0.275 e. The molecule has 0 saturated carbocycles. The number of aliphatic hydroxyl groups is 1. The van der Waals surface area contributed by atoms with Gasteiger partial charge in [0, 0.05) is 31.5 Å². The number of halogens is 3. The van der Waals surface area contributed by atoms with Crippen LogP contribution in [0.15, 0.2) is 47.5 Å². The van der Waals surface area contributed by atoms with Crippen molar-refractivity contribution in [1.29, 1.82) is 0 Å². The van der Waals surface area contributed by atoms with E-state index in [4.69, 9.17) is 21.1 Å². The van der Waals surface area contributed by atoms with Gasteiger partial charge in [0.05, 0.1) is 30.9 Å². The van der Waals surface area contributed by atoms with Gasteiger partial charge >= 0.3 is 0 Å². The first kappa shape index (κ1) is 23.8. The first-order chi connectivity index (χ1) is 16.8. The van der Waals surface area contributed by atoms with Crippen LogP contribution >= 0.6 is 11.6 Å². The Labute approximate surface area is 205 Å². The molecule has 2 saturated heterocycles. The fourth-order valence-electron chi connectivity index (χ4n) is 5.35. The van der Waals surface area contributed by atoms with Crippen molar-refractivity contribution in [2.75, 3.05) is 26.9 Å². The second kappa shape index (κ2) is 8.92. The molecule has 4 aliphatic rings. The zero-order valence-electron chi connectivity index (χ0n) is 18.9. The molecule has 1 aromatic carbocycles. The van der Waals surface area contributed by atoms with Gasteiger partial charge in [-0.3, -0.25) is 9.59 Å². The molecule has 0 aliphatic carbocycles. The van der Waals surface area contributed by atoms with E-state index in [1.807, 2.05) is 12.2 Å². The summed E-state index contributed by atoms with van der Waals surface area (Å²) < 4.78 is 38.9. The SMILES string of the molecule is COC1=C2C(=O)N3CC=CC[C@]34COCC[C@@H]4N2C=C(C(=O)NCc2ccc(F)c(Cl)c2F)C1O. The fraction of sp³-hybridized carbons (Fsp3) is 0.417. The second-order valence-corrected chi connectivity index (χ2v) is 9.26. The molecule has 35 heavy (non-hydrogen) atoms. The Balaban J connectivity index is 1.48. The number of methoxy groups -OCH3 is 1. The first-order valence-corrected chi connectivity index (χ1v) is 11.6. The number of ether oxygens (including phenoxy) is 2. The Morgan fingerprint density at radius 1 is 1.37 bits per heavy atom. The van der Waals surface area contributed by atoms with Crippen LogP contribution in [0.5, 0.6) is 0 Å². The van der Waals surface area contributed by atoms with Crippen LogP contribution in [0.25, 0.3) is 0 Å². The van der Waals surface area contributed by atoms with Gasteiger partial charge in [0.2, 0.25) is 0 Å². The molecular formula is C24H24ClF2N3O5. The minimum Gasteiger partial charge on any atom is -0.496 e. The molecular weight excluding hydrogens is 484 g/mol. The predicted molar refractivity (Wildman–Crippen MR) is 121 cm³/mol. The van der Waals surface area contributed by atoms with E-state index < -0.39 is 34.2 Å². The Morgan fingerprint density at radius 2 is 2.17 bits per heavy atom. The molecule has 5 rings (SSSR count). The Bertz CT molecular complexity index is 1190. The molecule has 186 valence electrons. The number of hydrogen-bond donors (Lipinski definition) is 2. The summed E-state index contributed by atoms with van der Waals surface area (Å²) in [5.74, 6) is -2.91. The second-order valence-electron chi connectivity index (χ2n) is 8.88. The number of hydrogen-bond acceptors (Lipinski definition) is 6. The first-order valence-electron chi connectivity index (χ1n) is 11.2. The van der Waals surface area contributed by atoms with E-state index in [-0.39, 0.29) is 41.1 Å². The Hall–Kier alpha value is -2.95. The summed E-state index contributed by atoms with van der Waals surface area (Å²) in [7, 11) is 1.33. The lowest BCUT2D eigenvalue weighted by Crippen LogP contribution is -2.73. The van der Waals surface area contributed by atoms with Gasteiger partial charge in [0.15, 0.2) is 5.76 Å². The van der Waals surface area contributed by atoms with Crippen molar-refractivity contribution in [3.63, 3.8) is 0 Å². The van der Waals surface area contributed by atoms with Crippen molar-refractivity contribution in [2.24, 2.45) is 0 Å². The number of fused-ring (bicyclic) bond motifs is 2. The smallest absolute Gasteiger partial charge is 0.275 e. The zero-order chi connectivity index (χ0) is 24.9. The number of nitrogens with one attached hydrogen (secondary N) is 1. The Kier molecular flexibility index (Phi) is 6.06. The number of carbonyl (C=O) groups excluding carboxylic acids is 2. The van der Waals surface area contributed by atoms with Gasteiger partial charge in [-0.15, -0.1) is 0 Å². The summed E-state index contributed by atoms with van der Waals surface area (Å²) in [6.07, 6.45) is 5.10. The van der Waals surface area contributed by atoms with Crippen LogP contribution in [-0.2, 0) is 25.6 Å². The quantitative estimate of drug-likeness (QED) is 0.478. The van der Waals surface area contributed by atoms with Crippen molar-refractivity contribution in [2.45, 2.75) is 37.1 Å². The maximum absolute atomic E-state index is 14.3. The van der Waals surface area contributed by atoms with Crippen LogP contribution in [0.3, 0.4) is 0 Å². The molecule has 0 bridgehead atoms. The van der Waals surface area contributed by atoms with Crippen LogP contribution in [0.4, 0.5) is 8.78 Å². The zero-order valence-corrected chi connectivity index (χ0v) is 19.6. The highest BCUT2D eigenvalue weighted by atomic mass is 35.5. The minimum atomic E-state index is -1.51. The van der Waals surface area contributed by atoms with Crippen molar-refractivity contribution in [3.8, 4) is 0 Å². The van der Waals surface area contributed by atoms with Crippen LogP contribution < -0.4 is 5.32 Å². The summed E-state index contributed by atoms with van der Waals surface area (Å²) in [5, 5.41) is 12.9. The minimum absolute atomic E-state index is 0.0139. The molecule has 3 atom stereocenters. The van der Waals surface area contributed by atoms with Crippen molar-refractivity contribution in [1.82, 2.24) is 15.1 Å². The van der Waals surface area contributed by atoms with E-state index in [9.17, 15) is 23.5 Å². The van der Waals surface area contributed by atoms with Gasteiger partial charge in [-0.25, -0.2) is 8.78 Å². The van der Waals surface area contributed by atoms with Gasteiger partial charge in [0.1, 0.15) is 28.5 Å². The van der Waals surface area contributed by atoms with E-state index in [0.717, 1.165) is 6.07 Å². The molecule has 4 heterocycles. The number of benzene rings is 1. The molecule has 1 spiro atoms. The average molecular weight is 508 g/mol. The van der Waals surface area contributed by atoms with Gasteiger partial charge < -0.3 is 29.7 Å². The predicted octanol–water partition coefficient (Wildman–Crippen LogP) is 1.98. The van der Waals surface area contributed by atoms with Crippen molar-refractivity contribution in [3.05, 3.63) is 69.7 Å². The third-order valence-electron chi connectivity index (χ3n) is 7.10. The number of amides is 2. The Morgan fingerprint density at radius 3 is 2.94 bits per heavy atom. The largest absolute Gasteiger partial charge is 0.496 e. The van der Waals surface area contributed by atoms with E-state index in [0.29, 0.717) is 32.6 Å². The maximum atomic E-state index is 14.3. The standard InChI is InChI=1S/C24H24ClF2N3O5/c1-34-21-19-23(33)30-8-3-2-7-24(30)12-35-9-6-16(24)29(19)11-14(20(21)31)22(32)28-10-13-4-5-15(26)17(25)18(13)27/h2-5,11,16,20,31H,6-10,12H2,1H3,(H,28,32)/t16-,20?,24+/m0/s1. The molecule has 0 aromatic heterocycles. The molecule has 8 nitrogen and oxygen atoms in total. The third kappa shape index (κ3) is 3.62. The molecule has 2 amide bonds. The summed E-state index contributed by atoms with van der Waals surface area (Å²) in [4.78, 5) is 30.1. The van der Waals surface area contributed by atoms with Crippen LogP contribution in [0, 0.1) is 11.6 Å². The lowest BCUT2D eigenvalue weighted by Gasteiger charge is -2.59. The van der Waals surface area contributed by atoms with Crippen LogP contribution in [0.2, 0.25) is 5.02 Å². The molecule has 1 aromatic rings. The van der Waals surface area contributed by atoms with Gasteiger partial charge in [-0.2, -0.15) is 0 Å². The fourth-order valence-corrected chi connectivity index (χ4v) is 5.53. The summed E-state index contributed by atoms with van der Waals surface area (Å²) in [6.45, 7) is 0.952. The molecule has 2 fully saturated rings. The van der Waals surface area contributed by atoms with Gasteiger partial charge in [-0.1, -0.05) is 29.8 Å². The van der Waals surface area contributed by atoms with Crippen LogP contribution in [-0.4, -0.2) is 71.3 Å². The highest BCUT2D eigenvalue weighted by Gasteiger charge is 2.58. The van der Waals surface area contributed by atoms with E-state index >= 15 is 0 Å². The number of carbonyl (C=O) groups is 2. The van der Waals surface area contributed by atoms with Crippen molar-refractivity contribution >= 4 is 23.4 Å². The highest BCUT2D eigenvalue weighted by molar-refractivity contribution is 6.30. The normalized spacial score (nSPS) is 27.7. The van der Waals surface area contributed by atoms with Crippen molar-refractivity contribution < 1.29 is 33.0 Å². The monoisotopic (exact) mass is 507 g/mol. The summed E-state index contributed by atoms with van der Waals surface area (Å²) in [5.41, 5.74) is -0.500. The molecule has 11 heteroatoms. The highest BCUT2D eigenvalue weighted by Crippen LogP contribution is 2.45. The summed E-state index contributed by atoms with van der Waals surface area (Å²) in [6, 6.07) is 1.98. The number of piperazine rings is 1. The van der Waals surface area contributed by atoms with E-state index in [1.54, 1.807) is 9.80 Å². The van der Waals surface area contributed by atoms with E-state index in [2.05, 4.69) is 5.32 Å². The lowest BCUT2D eigenvalue weighted by atomic mass is 9.76. The van der Waals surface area contributed by atoms with E-state index in [1.165, 1.54) is 19.4 Å². The lowest BCUT2D eigenvalue weighted by molar-refractivity contribution is -0.159. The molecule has 2 N–H and O–H groups in total. The van der Waals surface area contributed by atoms with Crippen LogP contribution in [0.1, 0.15) is 18.4 Å². The third-order valence-corrected chi connectivity index (χ3v) is 7.45.